The molecule has 0 saturated carbocycles. The summed E-state index contributed by atoms with van der Waals surface area (Å²) in [7, 11) is 0. The maximum absolute atomic E-state index is 12.7. The molecule has 1 atom stereocenters. The van der Waals surface area contributed by atoms with Gasteiger partial charge in [-0.25, -0.2) is 14.2 Å². The number of hydrazine groups is 1. The molecule has 0 spiro atoms. The van der Waals surface area contributed by atoms with Crippen molar-refractivity contribution >= 4 is 10.9 Å². The van der Waals surface area contributed by atoms with Gasteiger partial charge >= 0.3 is 0 Å². The highest BCUT2D eigenvalue weighted by Gasteiger charge is 2.20. The minimum atomic E-state index is -2.55. The molecule has 0 aliphatic rings. The van der Waals surface area contributed by atoms with Gasteiger partial charge in [0.2, 0.25) is 0 Å². The smallest absolute Gasteiger partial charge is 0.259 e. The van der Waals surface area contributed by atoms with Crippen LogP contribution in [0, 0.1) is 6.92 Å². The number of nitrogens with two attached hydrogens (primary N) is 1. The number of hydrogen-bond acceptors (Lipinski definition) is 3. The summed E-state index contributed by atoms with van der Waals surface area (Å²) in [6.07, 6.45) is -2.55. The highest BCUT2D eigenvalue weighted by Crippen LogP contribution is 2.23. The fraction of sp³-hybridized carbons (Fsp3) is 0.250. The average molecular weight is 237 g/mol. The monoisotopic (exact) mass is 237 g/mol. The maximum atomic E-state index is 12.7. The number of aromatic nitrogens is 1. The Balaban J connectivity index is 2.47. The topological polar surface area (TPSA) is 50.9 Å². The van der Waals surface area contributed by atoms with E-state index in [1.807, 2.05) is 19.1 Å². The lowest BCUT2D eigenvalue weighted by Gasteiger charge is -2.15. The van der Waals surface area contributed by atoms with Gasteiger partial charge in [0.1, 0.15) is 6.04 Å². The number of halogens is 2. The number of hydrogen-bond donors (Lipinski definition) is 2. The number of aryl methyl sites for hydroxylation is 1. The molecule has 0 aliphatic heterocycles. The molecule has 0 radical (unpaired) electrons. The summed E-state index contributed by atoms with van der Waals surface area (Å²) < 4.78 is 25.4. The van der Waals surface area contributed by atoms with E-state index in [9.17, 15) is 8.78 Å². The van der Waals surface area contributed by atoms with Crippen molar-refractivity contribution in [3.05, 3.63) is 41.6 Å². The molecular weight excluding hydrogens is 224 g/mol. The van der Waals surface area contributed by atoms with Crippen LogP contribution in [0.15, 0.2) is 30.3 Å². The number of fused-ring (bicyclic) bond motifs is 1. The van der Waals surface area contributed by atoms with E-state index < -0.39 is 12.5 Å². The predicted molar refractivity (Wildman–Crippen MR) is 62.5 cm³/mol. The lowest BCUT2D eigenvalue weighted by Crippen LogP contribution is -2.32. The van der Waals surface area contributed by atoms with E-state index in [2.05, 4.69) is 10.4 Å². The zero-order chi connectivity index (χ0) is 12.4. The summed E-state index contributed by atoms with van der Waals surface area (Å²) in [6, 6.07) is 7.58. The number of pyridine rings is 1. The molecule has 0 aliphatic carbocycles. The van der Waals surface area contributed by atoms with E-state index in [0.29, 0.717) is 5.56 Å². The van der Waals surface area contributed by atoms with Gasteiger partial charge in [0, 0.05) is 11.1 Å². The Morgan fingerprint density at radius 2 is 2.00 bits per heavy atom. The van der Waals surface area contributed by atoms with Crippen molar-refractivity contribution in [2.45, 2.75) is 19.4 Å². The molecule has 3 nitrogen and oxygen atoms in total. The van der Waals surface area contributed by atoms with E-state index in [1.54, 1.807) is 18.2 Å². The molecule has 1 aromatic heterocycles. The highest BCUT2D eigenvalue weighted by molar-refractivity contribution is 5.79. The first-order chi connectivity index (χ1) is 8.11. The average Bonchev–Trinajstić information content (AvgIpc) is 2.29. The second-order valence-electron chi connectivity index (χ2n) is 3.88. The largest absolute Gasteiger partial charge is 0.271 e. The number of alkyl halides is 2. The van der Waals surface area contributed by atoms with Crippen molar-refractivity contribution in [1.29, 1.82) is 0 Å². The summed E-state index contributed by atoms with van der Waals surface area (Å²) in [5.41, 5.74) is 4.27. The summed E-state index contributed by atoms with van der Waals surface area (Å²) in [5.74, 6) is 5.13. The third kappa shape index (κ3) is 2.40. The van der Waals surface area contributed by atoms with E-state index in [0.717, 1.165) is 16.6 Å². The van der Waals surface area contributed by atoms with E-state index in [4.69, 9.17) is 5.84 Å². The second kappa shape index (κ2) is 4.73. The van der Waals surface area contributed by atoms with Gasteiger partial charge in [-0.15, -0.1) is 0 Å². The molecule has 2 rings (SSSR count). The summed E-state index contributed by atoms with van der Waals surface area (Å²) in [6.45, 7) is 1.89. The lowest BCUT2D eigenvalue weighted by atomic mass is 10.0. The fourth-order valence-corrected chi connectivity index (χ4v) is 1.75. The maximum Gasteiger partial charge on any atom is 0.259 e. The highest BCUT2D eigenvalue weighted by atomic mass is 19.3. The Bertz CT molecular complexity index is 528. The van der Waals surface area contributed by atoms with Crippen LogP contribution in [-0.4, -0.2) is 11.4 Å². The first-order valence-electron chi connectivity index (χ1n) is 5.23. The van der Waals surface area contributed by atoms with Crippen LogP contribution in [-0.2, 0) is 0 Å². The number of rotatable bonds is 3. The standard InChI is InChI=1S/C12H13F2N3/c1-7-2-3-8-6-9(4-5-10(8)16-7)11(17-15)12(13)14/h2-6,11-12,17H,15H2,1H3. The molecule has 1 aromatic carbocycles. The first kappa shape index (κ1) is 11.9. The molecule has 2 aromatic rings. The van der Waals surface area contributed by atoms with Crippen molar-refractivity contribution in [1.82, 2.24) is 10.4 Å². The quantitative estimate of drug-likeness (QED) is 0.636. The molecule has 0 fully saturated rings. The third-order valence-electron chi connectivity index (χ3n) is 2.64. The van der Waals surface area contributed by atoms with E-state index in [1.165, 1.54) is 0 Å². The van der Waals surface area contributed by atoms with Gasteiger partial charge in [0.15, 0.2) is 0 Å². The van der Waals surface area contributed by atoms with Crippen molar-refractivity contribution in [2.75, 3.05) is 0 Å². The molecule has 1 heterocycles. The second-order valence-corrected chi connectivity index (χ2v) is 3.88. The molecule has 0 bridgehead atoms. The Kier molecular flexibility index (Phi) is 3.31. The van der Waals surface area contributed by atoms with Gasteiger partial charge in [-0.2, -0.15) is 0 Å². The van der Waals surface area contributed by atoms with Gasteiger partial charge in [-0.3, -0.25) is 10.8 Å². The molecule has 5 heteroatoms. The van der Waals surface area contributed by atoms with Gasteiger partial charge in [-0.05, 0) is 30.7 Å². The van der Waals surface area contributed by atoms with Crippen molar-refractivity contribution in [3.8, 4) is 0 Å². The number of nitrogens with one attached hydrogen (secondary N) is 1. The number of benzene rings is 1. The molecule has 0 saturated heterocycles. The van der Waals surface area contributed by atoms with Crippen LogP contribution in [0.25, 0.3) is 10.9 Å². The van der Waals surface area contributed by atoms with Crippen LogP contribution in [0.5, 0.6) is 0 Å². The third-order valence-corrected chi connectivity index (χ3v) is 2.64. The van der Waals surface area contributed by atoms with Crippen molar-refractivity contribution < 1.29 is 8.78 Å². The fourth-order valence-electron chi connectivity index (χ4n) is 1.75. The van der Waals surface area contributed by atoms with Crippen LogP contribution in [0.2, 0.25) is 0 Å². The summed E-state index contributed by atoms with van der Waals surface area (Å²) in [4.78, 5) is 4.31. The summed E-state index contributed by atoms with van der Waals surface area (Å²) in [5, 5.41) is 0.828. The van der Waals surface area contributed by atoms with Crippen LogP contribution in [0.4, 0.5) is 8.78 Å². The van der Waals surface area contributed by atoms with Crippen LogP contribution in [0.1, 0.15) is 17.3 Å². The molecule has 1 unspecified atom stereocenters. The van der Waals surface area contributed by atoms with Gasteiger partial charge < -0.3 is 0 Å². The van der Waals surface area contributed by atoms with Crippen LogP contribution >= 0.6 is 0 Å². The van der Waals surface area contributed by atoms with Gasteiger partial charge in [0.05, 0.1) is 5.52 Å². The molecule has 0 amide bonds. The van der Waals surface area contributed by atoms with Gasteiger partial charge in [-0.1, -0.05) is 12.1 Å². The van der Waals surface area contributed by atoms with E-state index >= 15 is 0 Å². The van der Waals surface area contributed by atoms with Crippen molar-refractivity contribution in [3.63, 3.8) is 0 Å². The Hall–Kier alpha value is -1.59. The zero-order valence-electron chi connectivity index (χ0n) is 9.32. The Morgan fingerprint density at radius 1 is 1.24 bits per heavy atom. The van der Waals surface area contributed by atoms with Crippen LogP contribution in [0.3, 0.4) is 0 Å². The van der Waals surface area contributed by atoms with Gasteiger partial charge in [0.25, 0.3) is 6.43 Å². The SMILES string of the molecule is Cc1ccc2cc(C(NN)C(F)F)ccc2n1. The minimum Gasteiger partial charge on any atom is -0.271 e. The first-order valence-corrected chi connectivity index (χ1v) is 5.23. The zero-order valence-corrected chi connectivity index (χ0v) is 9.32. The Morgan fingerprint density at radius 3 is 2.65 bits per heavy atom. The molecular formula is C12H13F2N3. The molecule has 3 N–H and O–H groups in total. The summed E-state index contributed by atoms with van der Waals surface area (Å²) >= 11 is 0. The van der Waals surface area contributed by atoms with Crippen LogP contribution < -0.4 is 11.3 Å². The lowest BCUT2D eigenvalue weighted by molar-refractivity contribution is 0.0987. The van der Waals surface area contributed by atoms with E-state index in [-0.39, 0.29) is 0 Å². The minimum absolute atomic E-state index is 0.459. The van der Waals surface area contributed by atoms with Crippen molar-refractivity contribution in [2.24, 2.45) is 5.84 Å². The normalized spacial score (nSPS) is 13.2. The molecule has 17 heavy (non-hydrogen) atoms. The number of nitrogens with zero attached hydrogens (tertiary/aromatic N) is 1. The molecule has 90 valence electrons. The predicted octanol–water partition coefficient (Wildman–Crippen LogP) is 2.31. The Labute approximate surface area is 97.6 Å².